The van der Waals surface area contributed by atoms with Crippen LogP contribution in [-0.4, -0.2) is 48.0 Å². The molecule has 0 aliphatic carbocycles. The Kier molecular flexibility index (Phi) is 4.45. The lowest BCUT2D eigenvalue weighted by Gasteiger charge is -2.23. The van der Waals surface area contributed by atoms with E-state index in [2.05, 4.69) is 5.32 Å². The number of hydrogen-bond donors (Lipinski definition) is 1. The summed E-state index contributed by atoms with van der Waals surface area (Å²) in [4.78, 5) is 40.4. The number of rotatable bonds is 5. The maximum atomic E-state index is 13.0. The minimum Gasteiger partial charge on any atom is -0.464 e. The van der Waals surface area contributed by atoms with Gasteiger partial charge in [-0.05, 0) is 43.7 Å². The number of imide groups is 1. The lowest BCUT2D eigenvalue weighted by molar-refractivity contribution is -0.138. The number of hydrogen-bond acceptors (Lipinski definition) is 6. The summed E-state index contributed by atoms with van der Waals surface area (Å²) in [6.07, 6.45) is 0. The quantitative estimate of drug-likeness (QED) is 0.769. The molecule has 0 spiro atoms. The average molecular weight is 399 g/mol. The fourth-order valence-electron chi connectivity index (χ4n) is 3.39. The molecule has 0 saturated carbocycles. The number of urea groups is 1. The Hall–Kier alpha value is -3.49. The van der Waals surface area contributed by atoms with Gasteiger partial charge in [-0.1, -0.05) is 6.07 Å². The van der Waals surface area contributed by atoms with Crippen molar-refractivity contribution in [2.24, 2.45) is 0 Å². The molecule has 1 atom stereocenters. The number of benzene rings is 1. The number of likely N-dealkylation sites (N-methyl/N-ethyl adjacent to an activating group) is 1. The third kappa shape index (κ3) is 3.28. The van der Waals surface area contributed by atoms with E-state index in [1.165, 1.54) is 4.90 Å². The standard InChI is InChI=1S/C20H21N3O6/c1-12-4-6-14(29-12)9-22(3)17(24)10-23-18(25)20(2,21-19(23)26)13-5-7-15-16(8-13)28-11-27-15/h4-8H,9-11H2,1-3H3,(H,21,26)/t20-/m1/s1. The van der Waals surface area contributed by atoms with E-state index >= 15 is 0 Å². The van der Waals surface area contributed by atoms with Gasteiger partial charge in [0.25, 0.3) is 5.91 Å². The van der Waals surface area contributed by atoms with Crippen molar-refractivity contribution in [3.8, 4) is 11.5 Å². The van der Waals surface area contributed by atoms with Crippen LogP contribution in [0.2, 0.25) is 0 Å². The molecule has 4 rings (SSSR count). The van der Waals surface area contributed by atoms with Gasteiger partial charge in [0.15, 0.2) is 11.5 Å². The smallest absolute Gasteiger partial charge is 0.325 e. The molecule has 29 heavy (non-hydrogen) atoms. The Morgan fingerprint density at radius 1 is 1.21 bits per heavy atom. The summed E-state index contributed by atoms with van der Waals surface area (Å²) < 4.78 is 16.1. The van der Waals surface area contributed by atoms with Gasteiger partial charge in [0.2, 0.25) is 12.7 Å². The molecule has 1 aromatic carbocycles. The van der Waals surface area contributed by atoms with E-state index in [4.69, 9.17) is 13.9 Å². The highest BCUT2D eigenvalue weighted by molar-refractivity contribution is 6.09. The Bertz CT molecular complexity index is 1000. The lowest BCUT2D eigenvalue weighted by atomic mass is 9.91. The van der Waals surface area contributed by atoms with Gasteiger partial charge in [0, 0.05) is 7.05 Å². The van der Waals surface area contributed by atoms with Crippen molar-refractivity contribution in [3.05, 3.63) is 47.4 Å². The van der Waals surface area contributed by atoms with Crippen molar-refractivity contribution in [1.82, 2.24) is 15.1 Å². The van der Waals surface area contributed by atoms with Crippen molar-refractivity contribution >= 4 is 17.8 Å². The van der Waals surface area contributed by atoms with E-state index in [1.54, 1.807) is 38.2 Å². The monoisotopic (exact) mass is 399 g/mol. The molecule has 4 amide bonds. The first-order valence-electron chi connectivity index (χ1n) is 9.11. The largest absolute Gasteiger partial charge is 0.464 e. The van der Waals surface area contributed by atoms with Crippen LogP contribution < -0.4 is 14.8 Å². The van der Waals surface area contributed by atoms with Gasteiger partial charge in [-0.2, -0.15) is 0 Å². The summed E-state index contributed by atoms with van der Waals surface area (Å²) >= 11 is 0. The molecule has 9 heteroatoms. The van der Waals surface area contributed by atoms with Crippen molar-refractivity contribution < 1.29 is 28.3 Å². The van der Waals surface area contributed by atoms with Crippen LogP contribution in [-0.2, 0) is 21.7 Å². The topological polar surface area (TPSA) is 101 Å². The molecule has 9 nitrogen and oxygen atoms in total. The third-order valence-corrected chi connectivity index (χ3v) is 5.13. The second-order valence-electron chi connectivity index (χ2n) is 7.28. The molecule has 1 aromatic heterocycles. The molecule has 1 saturated heterocycles. The molecule has 152 valence electrons. The molecule has 0 unspecified atom stereocenters. The predicted molar refractivity (Wildman–Crippen MR) is 100 cm³/mol. The van der Waals surface area contributed by atoms with Gasteiger partial charge >= 0.3 is 6.03 Å². The first-order chi connectivity index (χ1) is 13.8. The zero-order chi connectivity index (χ0) is 20.8. The summed E-state index contributed by atoms with van der Waals surface area (Å²) in [6, 6.07) is 8.02. The number of carbonyl (C=O) groups is 3. The van der Waals surface area contributed by atoms with E-state index in [9.17, 15) is 14.4 Å². The van der Waals surface area contributed by atoms with Gasteiger partial charge in [-0.15, -0.1) is 0 Å². The molecule has 3 heterocycles. The minimum absolute atomic E-state index is 0.109. The summed E-state index contributed by atoms with van der Waals surface area (Å²) in [5.74, 6) is 1.58. The maximum Gasteiger partial charge on any atom is 0.325 e. The lowest BCUT2D eigenvalue weighted by Crippen LogP contribution is -2.43. The van der Waals surface area contributed by atoms with E-state index in [1.807, 2.05) is 13.0 Å². The molecule has 1 fully saturated rings. The Labute approximate surface area is 167 Å². The zero-order valence-electron chi connectivity index (χ0n) is 16.4. The van der Waals surface area contributed by atoms with Crippen LogP contribution in [0.1, 0.15) is 24.0 Å². The maximum absolute atomic E-state index is 13.0. The number of carbonyl (C=O) groups excluding carboxylic acids is 3. The second kappa shape index (κ2) is 6.84. The normalized spacial score (nSPS) is 20.2. The van der Waals surface area contributed by atoms with Crippen molar-refractivity contribution in [3.63, 3.8) is 0 Å². The van der Waals surface area contributed by atoms with Crippen molar-refractivity contribution in [2.75, 3.05) is 20.4 Å². The van der Waals surface area contributed by atoms with Gasteiger partial charge in [0.05, 0.1) is 6.54 Å². The average Bonchev–Trinajstić information content (AvgIpc) is 3.37. The molecular formula is C20H21N3O6. The van der Waals surface area contributed by atoms with Crippen LogP contribution in [0.4, 0.5) is 4.79 Å². The molecular weight excluding hydrogens is 378 g/mol. The van der Waals surface area contributed by atoms with Crippen molar-refractivity contribution in [1.29, 1.82) is 0 Å². The minimum atomic E-state index is -1.30. The van der Waals surface area contributed by atoms with E-state index in [-0.39, 0.29) is 25.8 Å². The van der Waals surface area contributed by atoms with Gasteiger partial charge in [0.1, 0.15) is 23.6 Å². The SMILES string of the molecule is Cc1ccc(CN(C)C(=O)CN2C(=O)N[C@](C)(c3ccc4c(c3)OCO4)C2=O)o1. The molecule has 1 N–H and O–H groups in total. The fourth-order valence-corrected chi connectivity index (χ4v) is 3.39. The number of nitrogens with zero attached hydrogens (tertiary/aromatic N) is 2. The van der Waals surface area contributed by atoms with Crippen LogP contribution in [0.3, 0.4) is 0 Å². The molecule has 2 aromatic rings. The van der Waals surface area contributed by atoms with Crippen LogP contribution in [0, 0.1) is 6.92 Å². The number of amides is 4. The van der Waals surface area contributed by atoms with Crippen LogP contribution >= 0.6 is 0 Å². The van der Waals surface area contributed by atoms with Crippen LogP contribution in [0.5, 0.6) is 11.5 Å². The molecule has 2 aliphatic rings. The number of aryl methyl sites for hydroxylation is 1. The van der Waals surface area contributed by atoms with E-state index in [0.29, 0.717) is 22.8 Å². The van der Waals surface area contributed by atoms with Gasteiger partial charge < -0.3 is 24.1 Å². The van der Waals surface area contributed by atoms with Gasteiger partial charge in [-0.25, -0.2) is 4.79 Å². The highest BCUT2D eigenvalue weighted by atomic mass is 16.7. The van der Waals surface area contributed by atoms with Gasteiger partial charge in [-0.3, -0.25) is 14.5 Å². The van der Waals surface area contributed by atoms with E-state index in [0.717, 1.165) is 10.7 Å². The second-order valence-corrected chi connectivity index (χ2v) is 7.28. The first-order valence-corrected chi connectivity index (χ1v) is 9.11. The Balaban J connectivity index is 1.48. The molecule has 0 bridgehead atoms. The number of furan rings is 1. The fraction of sp³-hybridized carbons (Fsp3) is 0.350. The number of ether oxygens (including phenoxy) is 2. The first kappa shape index (κ1) is 18.9. The Morgan fingerprint density at radius 3 is 2.69 bits per heavy atom. The Morgan fingerprint density at radius 2 is 1.97 bits per heavy atom. The third-order valence-electron chi connectivity index (χ3n) is 5.13. The van der Waals surface area contributed by atoms with E-state index < -0.39 is 17.5 Å². The number of nitrogens with one attached hydrogen (secondary N) is 1. The number of fused-ring (bicyclic) bond motifs is 1. The molecule has 0 radical (unpaired) electrons. The highest BCUT2D eigenvalue weighted by Crippen LogP contribution is 2.37. The highest BCUT2D eigenvalue weighted by Gasteiger charge is 2.50. The van der Waals surface area contributed by atoms with Crippen LogP contribution in [0.15, 0.2) is 34.7 Å². The summed E-state index contributed by atoms with van der Waals surface area (Å²) in [6.45, 7) is 3.41. The van der Waals surface area contributed by atoms with Crippen molar-refractivity contribution in [2.45, 2.75) is 25.9 Å². The van der Waals surface area contributed by atoms with Crippen LogP contribution in [0.25, 0.3) is 0 Å². The summed E-state index contributed by atoms with van der Waals surface area (Å²) in [5, 5.41) is 2.69. The zero-order valence-corrected chi connectivity index (χ0v) is 16.4. The summed E-state index contributed by atoms with van der Waals surface area (Å²) in [7, 11) is 1.59. The summed E-state index contributed by atoms with van der Waals surface area (Å²) in [5.41, 5.74) is -0.746. The predicted octanol–water partition coefficient (Wildman–Crippen LogP) is 1.74. The molecule has 2 aliphatic heterocycles.